The Bertz CT molecular complexity index is 1230. The van der Waals surface area contributed by atoms with E-state index >= 15 is 0 Å². The number of fused-ring (bicyclic) bond motifs is 2. The number of hydrogen-bond acceptors (Lipinski definition) is 6. The molecule has 172 valence electrons. The molecule has 7 nitrogen and oxygen atoms in total. The lowest BCUT2D eigenvalue weighted by atomic mass is 10.0. The second-order valence-electron chi connectivity index (χ2n) is 9.16. The fourth-order valence-electron chi connectivity index (χ4n) is 4.86. The van der Waals surface area contributed by atoms with Crippen molar-refractivity contribution in [2.45, 2.75) is 19.9 Å². The zero-order chi connectivity index (χ0) is 23.1. The van der Waals surface area contributed by atoms with Gasteiger partial charge in [0, 0.05) is 60.3 Å². The summed E-state index contributed by atoms with van der Waals surface area (Å²) in [6.07, 6.45) is 8.24. The molecule has 1 fully saturated rings. The van der Waals surface area contributed by atoms with E-state index in [4.69, 9.17) is 14.5 Å². The molecule has 1 aromatic carbocycles. The summed E-state index contributed by atoms with van der Waals surface area (Å²) in [5.74, 6) is 1.26. The first-order chi connectivity index (χ1) is 15.9. The van der Waals surface area contributed by atoms with Crippen molar-refractivity contribution >= 4 is 23.0 Å². The molecule has 2 aliphatic rings. The third kappa shape index (κ3) is 4.14. The molecule has 0 aliphatic carbocycles. The zero-order valence-electron chi connectivity index (χ0n) is 19.8. The lowest BCUT2D eigenvalue weighted by Gasteiger charge is -2.24. The van der Waals surface area contributed by atoms with Gasteiger partial charge in [-0.05, 0) is 46.2 Å². The molecular formula is C26H31N5O2. The lowest BCUT2D eigenvalue weighted by Crippen LogP contribution is -2.34. The highest BCUT2D eigenvalue weighted by Crippen LogP contribution is 2.34. The van der Waals surface area contributed by atoms with Gasteiger partial charge in [-0.15, -0.1) is 6.58 Å². The Hall–Kier alpha value is -3.16. The van der Waals surface area contributed by atoms with Gasteiger partial charge in [0.05, 0.1) is 23.7 Å². The van der Waals surface area contributed by atoms with Crippen LogP contribution in [0.4, 0.5) is 5.69 Å². The number of likely N-dealkylation sites (N-methyl/N-ethyl adjacent to an activating group) is 1. The summed E-state index contributed by atoms with van der Waals surface area (Å²) < 4.78 is 13.8. The summed E-state index contributed by atoms with van der Waals surface area (Å²) >= 11 is 0. The van der Waals surface area contributed by atoms with E-state index < -0.39 is 0 Å². The van der Waals surface area contributed by atoms with Gasteiger partial charge in [-0.2, -0.15) is 0 Å². The van der Waals surface area contributed by atoms with Crippen LogP contribution >= 0.6 is 0 Å². The number of aryl methyl sites for hydroxylation is 2. The standard InChI is InChI=1S/C26H31N5O2/c1-6-19-12-30(14-24(19)29(4)5)22-8-7-20-9-21(15-32-16-33-25(20)10-22)23-13-31-11-17(2)27-18(3)26(31)28-23/h6-11,13,19,24H,1,12,14-16H2,2-5H3/t19-,24-/m0/s1. The summed E-state index contributed by atoms with van der Waals surface area (Å²) in [6.45, 7) is 10.6. The van der Waals surface area contributed by atoms with Gasteiger partial charge in [-0.3, -0.25) is 4.98 Å². The lowest BCUT2D eigenvalue weighted by molar-refractivity contribution is 0.0324. The first-order valence-electron chi connectivity index (χ1n) is 11.4. The minimum Gasteiger partial charge on any atom is -0.467 e. The maximum atomic E-state index is 5.97. The number of anilines is 1. The smallest absolute Gasteiger partial charge is 0.189 e. The quantitative estimate of drug-likeness (QED) is 0.570. The summed E-state index contributed by atoms with van der Waals surface area (Å²) in [5, 5.41) is 0. The summed E-state index contributed by atoms with van der Waals surface area (Å²) in [4.78, 5) is 14.1. The Balaban J connectivity index is 1.48. The Morgan fingerprint density at radius 1 is 1.15 bits per heavy atom. The molecule has 1 saturated heterocycles. The van der Waals surface area contributed by atoms with Crippen molar-refractivity contribution in [1.29, 1.82) is 0 Å². The van der Waals surface area contributed by atoms with Crippen LogP contribution in [0.25, 0.3) is 17.3 Å². The van der Waals surface area contributed by atoms with Crippen LogP contribution in [0.3, 0.4) is 0 Å². The largest absolute Gasteiger partial charge is 0.467 e. The fourth-order valence-corrected chi connectivity index (χ4v) is 4.86. The molecule has 33 heavy (non-hydrogen) atoms. The Kier molecular flexibility index (Phi) is 5.68. The van der Waals surface area contributed by atoms with E-state index in [1.807, 2.05) is 30.6 Å². The zero-order valence-corrected chi connectivity index (χ0v) is 19.8. The predicted molar refractivity (Wildman–Crippen MR) is 132 cm³/mol. The predicted octanol–water partition coefficient (Wildman–Crippen LogP) is 3.81. The molecule has 7 heteroatoms. The van der Waals surface area contributed by atoms with Crippen molar-refractivity contribution in [3.05, 3.63) is 65.9 Å². The van der Waals surface area contributed by atoms with E-state index in [1.54, 1.807) is 0 Å². The van der Waals surface area contributed by atoms with E-state index in [9.17, 15) is 0 Å². The number of aromatic nitrogens is 3. The number of hydrogen-bond donors (Lipinski definition) is 0. The van der Waals surface area contributed by atoms with Gasteiger partial charge in [-0.25, -0.2) is 4.98 Å². The summed E-state index contributed by atoms with van der Waals surface area (Å²) in [7, 11) is 4.27. The molecule has 2 atom stereocenters. The third-order valence-electron chi connectivity index (χ3n) is 6.60. The Morgan fingerprint density at radius 3 is 2.76 bits per heavy atom. The summed E-state index contributed by atoms with van der Waals surface area (Å²) in [5.41, 5.74) is 6.86. The van der Waals surface area contributed by atoms with Crippen LogP contribution in [-0.2, 0) is 4.74 Å². The third-order valence-corrected chi connectivity index (χ3v) is 6.60. The molecular weight excluding hydrogens is 414 g/mol. The highest BCUT2D eigenvalue weighted by Gasteiger charge is 2.32. The second kappa shape index (κ2) is 8.65. The number of ether oxygens (including phenoxy) is 2. The minimum atomic E-state index is 0.205. The van der Waals surface area contributed by atoms with E-state index in [0.717, 1.165) is 58.4 Å². The first kappa shape index (κ1) is 21.7. The molecule has 0 N–H and O–H groups in total. The minimum absolute atomic E-state index is 0.205. The van der Waals surface area contributed by atoms with Gasteiger partial charge in [0.25, 0.3) is 0 Å². The molecule has 4 heterocycles. The Morgan fingerprint density at radius 2 is 2.00 bits per heavy atom. The van der Waals surface area contributed by atoms with E-state index in [2.05, 4.69) is 65.8 Å². The normalized spacial score (nSPS) is 20.9. The van der Waals surface area contributed by atoms with Gasteiger partial charge < -0.3 is 23.7 Å². The van der Waals surface area contributed by atoms with Crippen LogP contribution in [0.2, 0.25) is 0 Å². The van der Waals surface area contributed by atoms with Crippen LogP contribution in [0.15, 0.2) is 43.2 Å². The second-order valence-corrected chi connectivity index (χ2v) is 9.16. The van der Waals surface area contributed by atoms with Gasteiger partial charge in [0.15, 0.2) is 12.4 Å². The first-order valence-corrected chi connectivity index (χ1v) is 11.4. The highest BCUT2D eigenvalue weighted by atomic mass is 16.7. The van der Waals surface area contributed by atoms with Crippen molar-refractivity contribution in [2.75, 3.05) is 45.5 Å². The highest BCUT2D eigenvalue weighted by molar-refractivity contribution is 5.84. The SMILES string of the molecule is C=C[C@H]1CN(c2ccc3c(c2)OCOCC(c2cn4cc(C)nc(C)c4n2)=C3)C[C@@H]1N(C)C. The van der Waals surface area contributed by atoms with Gasteiger partial charge in [0.1, 0.15) is 5.75 Å². The molecule has 2 aromatic heterocycles. The molecule has 2 aliphatic heterocycles. The number of benzene rings is 1. The van der Waals surface area contributed by atoms with Gasteiger partial charge in [-0.1, -0.05) is 6.08 Å². The number of nitrogens with zero attached hydrogens (tertiary/aromatic N) is 5. The van der Waals surface area contributed by atoms with E-state index in [0.29, 0.717) is 18.6 Å². The van der Waals surface area contributed by atoms with Crippen LogP contribution in [-0.4, -0.2) is 65.9 Å². The Labute approximate surface area is 195 Å². The van der Waals surface area contributed by atoms with Crippen molar-refractivity contribution in [2.24, 2.45) is 5.92 Å². The van der Waals surface area contributed by atoms with Crippen LogP contribution < -0.4 is 9.64 Å². The molecule has 0 unspecified atom stereocenters. The van der Waals surface area contributed by atoms with Gasteiger partial charge in [0.2, 0.25) is 0 Å². The monoisotopic (exact) mass is 445 g/mol. The molecule has 5 rings (SSSR count). The number of imidazole rings is 1. The van der Waals surface area contributed by atoms with Crippen molar-refractivity contribution in [3.63, 3.8) is 0 Å². The topological polar surface area (TPSA) is 55.1 Å². The maximum absolute atomic E-state index is 5.97. The molecule has 0 saturated carbocycles. The molecule has 0 amide bonds. The van der Waals surface area contributed by atoms with Crippen LogP contribution in [0.5, 0.6) is 5.75 Å². The van der Waals surface area contributed by atoms with Gasteiger partial charge >= 0.3 is 0 Å². The van der Waals surface area contributed by atoms with Crippen molar-refractivity contribution in [1.82, 2.24) is 19.3 Å². The van der Waals surface area contributed by atoms with Crippen molar-refractivity contribution in [3.8, 4) is 5.75 Å². The van der Waals surface area contributed by atoms with Crippen LogP contribution in [0.1, 0.15) is 22.6 Å². The summed E-state index contributed by atoms with van der Waals surface area (Å²) in [6, 6.07) is 6.89. The molecule has 0 spiro atoms. The average Bonchev–Trinajstić information content (AvgIpc) is 3.39. The van der Waals surface area contributed by atoms with E-state index in [1.165, 1.54) is 0 Å². The average molecular weight is 446 g/mol. The molecule has 0 bridgehead atoms. The fraction of sp³-hybridized carbons (Fsp3) is 0.385. The molecule has 0 radical (unpaired) electrons. The number of rotatable bonds is 4. The molecule has 3 aromatic rings. The van der Waals surface area contributed by atoms with Crippen LogP contribution in [0, 0.1) is 19.8 Å². The van der Waals surface area contributed by atoms with Crippen molar-refractivity contribution < 1.29 is 9.47 Å². The van der Waals surface area contributed by atoms with E-state index in [-0.39, 0.29) is 6.79 Å². The maximum Gasteiger partial charge on any atom is 0.189 e.